The van der Waals surface area contributed by atoms with Crippen LogP contribution in [0.3, 0.4) is 0 Å². The van der Waals surface area contributed by atoms with Crippen LogP contribution in [0, 0.1) is 5.82 Å². The fraction of sp³-hybridized carbons (Fsp3) is 0.211. The van der Waals surface area contributed by atoms with Crippen LogP contribution in [-0.4, -0.2) is 69.8 Å². The molecule has 0 bridgehead atoms. The van der Waals surface area contributed by atoms with Crippen LogP contribution in [0.25, 0.3) is 28.8 Å². The zero-order valence-corrected chi connectivity index (χ0v) is 18.5. The molecule has 1 aliphatic rings. The molecule has 34 heavy (non-hydrogen) atoms. The Morgan fingerprint density at radius 2 is 2.00 bits per heavy atom. The molecule has 4 N–H and O–H groups in total. The molecule has 2 aromatic heterocycles. The van der Waals surface area contributed by atoms with Gasteiger partial charge in [0.25, 0.3) is 0 Å². The maximum atomic E-state index is 14.7. The molecule has 0 saturated carbocycles. The number of aliphatic hydroxyl groups is 1. The smallest absolute Gasteiger partial charge is 0.441 e. The lowest BCUT2D eigenvalue weighted by molar-refractivity contribution is 0.0437. The molecule has 1 saturated heterocycles. The number of aliphatic hydroxyl groups excluding tert-OH is 1. The monoisotopic (exact) mass is 494 g/mol. The normalized spacial score (nSPS) is 16.5. The Labute approximate surface area is 192 Å². The molecule has 4 rings (SSSR count). The number of halogens is 1. The molecule has 0 aliphatic carbocycles. The molecule has 3 aromatic rings. The van der Waals surface area contributed by atoms with Crippen LogP contribution in [0.4, 0.5) is 14.9 Å². The number of carbonyl (C=O) groups is 1. The Morgan fingerprint density at radius 1 is 1.29 bits per heavy atom. The van der Waals surface area contributed by atoms with Gasteiger partial charge in [-0.25, -0.2) is 13.8 Å². The third-order valence-electron chi connectivity index (χ3n) is 4.53. The second-order valence-electron chi connectivity index (χ2n) is 7.00. The molecule has 1 aliphatic heterocycles. The molecular formula is C19H20FN6O7P. The van der Waals surface area contributed by atoms with Gasteiger partial charge in [0.1, 0.15) is 17.6 Å². The average Bonchev–Trinajstić information content (AvgIpc) is 3.39. The topological polar surface area (TPSA) is 184 Å². The van der Waals surface area contributed by atoms with Crippen molar-refractivity contribution in [3.05, 3.63) is 48.9 Å². The minimum absolute atomic E-state index is 0.157. The Kier molecular flexibility index (Phi) is 7.49. The van der Waals surface area contributed by atoms with Crippen LogP contribution in [0.2, 0.25) is 0 Å². The zero-order chi connectivity index (χ0) is 25.0. The number of amides is 1. The van der Waals surface area contributed by atoms with Crippen LogP contribution in [-0.2, 0) is 9.30 Å². The van der Waals surface area contributed by atoms with Gasteiger partial charge in [0.2, 0.25) is 5.82 Å². The third-order valence-corrected chi connectivity index (χ3v) is 4.53. The van der Waals surface area contributed by atoms with Gasteiger partial charge >= 0.3 is 13.9 Å². The number of cyclic esters (lactones) is 1. The Balaban J connectivity index is 0.000000588. The molecular weight excluding hydrogens is 474 g/mol. The lowest BCUT2D eigenvalue weighted by Crippen LogP contribution is -2.29. The van der Waals surface area contributed by atoms with E-state index < -0.39 is 31.9 Å². The summed E-state index contributed by atoms with van der Waals surface area (Å²) in [4.78, 5) is 40.3. The largest absolute Gasteiger partial charge is 0.466 e. The first kappa shape index (κ1) is 25.1. The van der Waals surface area contributed by atoms with Crippen molar-refractivity contribution in [3.63, 3.8) is 0 Å². The number of pyridine rings is 1. The van der Waals surface area contributed by atoms with Gasteiger partial charge in [-0.2, -0.15) is 0 Å². The summed E-state index contributed by atoms with van der Waals surface area (Å²) in [7, 11) is -4.64. The standard InChI is InChI=1S/C19H17FN6O3.H3O4P/c1-3-26-23-18(22-24-26)16-7-4-12(9-21-16)14-6-5-13(8-15(14)20)25-10-17(11(2)27)29-19(25)28;1-5(2,3)4/h3-9,11,17,27H,1,10H2,2H3;(H3,1,2,3,4). The van der Waals surface area contributed by atoms with E-state index in [2.05, 4.69) is 27.0 Å². The summed E-state index contributed by atoms with van der Waals surface area (Å²) in [5.74, 6) is -0.187. The van der Waals surface area contributed by atoms with Crippen molar-refractivity contribution in [2.24, 2.45) is 0 Å². The highest BCUT2D eigenvalue weighted by atomic mass is 31.2. The van der Waals surface area contributed by atoms with Gasteiger partial charge in [-0.1, -0.05) is 12.6 Å². The lowest BCUT2D eigenvalue weighted by Gasteiger charge is -2.15. The van der Waals surface area contributed by atoms with Crippen molar-refractivity contribution in [3.8, 4) is 22.6 Å². The van der Waals surface area contributed by atoms with E-state index >= 15 is 0 Å². The number of carbonyl (C=O) groups excluding carboxylic acids is 1. The molecule has 1 amide bonds. The molecule has 3 heterocycles. The number of nitrogens with zero attached hydrogens (tertiary/aromatic N) is 6. The van der Waals surface area contributed by atoms with Crippen molar-refractivity contribution >= 4 is 25.8 Å². The maximum absolute atomic E-state index is 14.7. The van der Waals surface area contributed by atoms with Gasteiger partial charge < -0.3 is 24.5 Å². The number of hydrogen-bond acceptors (Lipinski definition) is 8. The molecule has 2 atom stereocenters. The predicted molar refractivity (Wildman–Crippen MR) is 116 cm³/mol. The minimum Gasteiger partial charge on any atom is -0.441 e. The summed E-state index contributed by atoms with van der Waals surface area (Å²) < 4.78 is 28.7. The van der Waals surface area contributed by atoms with Gasteiger partial charge in [-0.3, -0.25) is 9.88 Å². The Hall–Kier alpha value is -3.55. The molecule has 1 fully saturated rings. The Bertz CT molecular complexity index is 1220. The van der Waals surface area contributed by atoms with Gasteiger partial charge in [-0.15, -0.1) is 15.0 Å². The number of benzene rings is 1. The summed E-state index contributed by atoms with van der Waals surface area (Å²) in [5.41, 5.74) is 1.73. The van der Waals surface area contributed by atoms with Crippen LogP contribution in [0.1, 0.15) is 6.92 Å². The molecule has 1 aromatic carbocycles. The highest BCUT2D eigenvalue weighted by Gasteiger charge is 2.35. The minimum atomic E-state index is -4.64. The fourth-order valence-electron chi connectivity index (χ4n) is 2.94. The number of rotatable bonds is 5. The summed E-state index contributed by atoms with van der Waals surface area (Å²) in [6, 6.07) is 7.80. The molecule has 15 heteroatoms. The average molecular weight is 494 g/mol. The zero-order valence-electron chi connectivity index (χ0n) is 17.6. The Morgan fingerprint density at radius 3 is 2.50 bits per heavy atom. The van der Waals surface area contributed by atoms with Gasteiger partial charge in [0.05, 0.1) is 18.3 Å². The fourth-order valence-corrected chi connectivity index (χ4v) is 2.94. The van der Waals surface area contributed by atoms with Crippen molar-refractivity contribution < 1.29 is 38.3 Å². The number of hydrogen-bond donors (Lipinski definition) is 4. The summed E-state index contributed by atoms with van der Waals surface area (Å²) in [6.45, 7) is 5.24. The number of aromatic nitrogens is 5. The number of anilines is 1. The van der Waals surface area contributed by atoms with E-state index in [0.717, 1.165) is 0 Å². The van der Waals surface area contributed by atoms with E-state index in [1.54, 1.807) is 24.3 Å². The number of ether oxygens (including phenoxy) is 1. The van der Waals surface area contributed by atoms with E-state index in [9.17, 15) is 14.3 Å². The van der Waals surface area contributed by atoms with E-state index in [0.29, 0.717) is 28.3 Å². The first-order valence-electron chi connectivity index (χ1n) is 9.59. The lowest BCUT2D eigenvalue weighted by atomic mass is 10.1. The van der Waals surface area contributed by atoms with Crippen LogP contribution in [0.5, 0.6) is 0 Å². The van der Waals surface area contributed by atoms with E-state index in [1.165, 1.54) is 35.1 Å². The highest BCUT2D eigenvalue weighted by molar-refractivity contribution is 7.45. The number of tetrazole rings is 1. The molecule has 13 nitrogen and oxygen atoms in total. The molecule has 0 radical (unpaired) electrons. The van der Waals surface area contributed by atoms with Crippen LogP contribution >= 0.6 is 7.82 Å². The van der Waals surface area contributed by atoms with Crippen LogP contribution in [0.15, 0.2) is 43.1 Å². The number of phosphoric acid groups is 1. The van der Waals surface area contributed by atoms with E-state index in [-0.39, 0.29) is 6.54 Å². The van der Waals surface area contributed by atoms with Crippen LogP contribution < -0.4 is 4.90 Å². The first-order valence-corrected chi connectivity index (χ1v) is 11.2. The summed E-state index contributed by atoms with van der Waals surface area (Å²) >= 11 is 0. The van der Waals surface area contributed by atoms with E-state index in [4.69, 9.17) is 24.0 Å². The maximum Gasteiger partial charge on any atom is 0.466 e. The van der Waals surface area contributed by atoms with Crippen molar-refractivity contribution in [2.75, 3.05) is 11.4 Å². The second kappa shape index (κ2) is 10.2. The van der Waals surface area contributed by atoms with Crippen molar-refractivity contribution in [1.82, 2.24) is 25.2 Å². The SMILES string of the molecule is C=Cn1nnc(-c2ccc(-c3ccc(N4CC(C(C)O)OC4=O)cc3F)cn2)n1.O=P(O)(O)O. The van der Waals surface area contributed by atoms with E-state index in [1.807, 2.05) is 0 Å². The van der Waals surface area contributed by atoms with Gasteiger partial charge in [0.15, 0.2) is 0 Å². The second-order valence-corrected chi connectivity index (χ2v) is 8.03. The molecule has 0 spiro atoms. The summed E-state index contributed by atoms with van der Waals surface area (Å²) in [6.07, 6.45) is 0.848. The first-order chi connectivity index (χ1) is 16.0. The van der Waals surface area contributed by atoms with Crippen molar-refractivity contribution in [2.45, 2.75) is 19.1 Å². The van der Waals surface area contributed by atoms with Gasteiger partial charge in [0, 0.05) is 23.5 Å². The quantitative estimate of drug-likeness (QED) is 0.376. The summed E-state index contributed by atoms with van der Waals surface area (Å²) in [5, 5.41) is 21.3. The van der Waals surface area contributed by atoms with Gasteiger partial charge in [-0.05, 0) is 36.4 Å². The predicted octanol–water partition coefficient (Wildman–Crippen LogP) is 1.42. The van der Waals surface area contributed by atoms with Crippen molar-refractivity contribution in [1.29, 1.82) is 0 Å². The highest BCUT2D eigenvalue weighted by Crippen LogP contribution is 2.30. The molecule has 2 unspecified atom stereocenters. The molecule has 180 valence electrons. The third kappa shape index (κ3) is 6.27.